The number of rotatable bonds is 3. The summed E-state index contributed by atoms with van der Waals surface area (Å²) in [5.41, 5.74) is 2.14. The maximum Gasteiger partial charge on any atom is 0.320 e. The standard InChI is InChI=1S/C19H22N2O2/c22-19(23)17-11-14-5-1-2-9-16(14)21(17)12-15-7-3-6-13-8-4-10-20-18(13)15/h3-4,6-8,10,14,16-17H,1-2,5,9,11-12H2,(H,22,23)/t14-,16+,17+/m1/s1. The van der Waals surface area contributed by atoms with Crippen LogP contribution in [0.4, 0.5) is 0 Å². The molecule has 2 aliphatic rings. The Labute approximate surface area is 136 Å². The number of para-hydroxylation sites is 1. The summed E-state index contributed by atoms with van der Waals surface area (Å²) < 4.78 is 0. The van der Waals surface area contributed by atoms with Gasteiger partial charge in [-0.25, -0.2) is 0 Å². The molecule has 1 aliphatic heterocycles. The smallest absolute Gasteiger partial charge is 0.320 e. The number of likely N-dealkylation sites (tertiary alicyclic amines) is 1. The van der Waals surface area contributed by atoms with Gasteiger partial charge in [0, 0.05) is 24.2 Å². The van der Waals surface area contributed by atoms with Crippen molar-refractivity contribution < 1.29 is 9.90 Å². The number of benzene rings is 1. The highest BCUT2D eigenvalue weighted by molar-refractivity contribution is 5.81. The first-order valence-corrected chi connectivity index (χ1v) is 8.55. The van der Waals surface area contributed by atoms with Crippen LogP contribution in [0.25, 0.3) is 10.9 Å². The Bertz CT molecular complexity index is 725. The minimum absolute atomic E-state index is 0.345. The van der Waals surface area contributed by atoms with Crippen LogP contribution in [0, 0.1) is 5.92 Å². The monoisotopic (exact) mass is 310 g/mol. The quantitative estimate of drug-likeness (QED) is 0.943. The van der Waals surface area contributed by atoms with Crippen molar-refractivity contribution in [1.82, 2.24) is 9.88 Å². The lowest BCUT2D eigenvalue weighted by atomic mass is 9.84. The number of nitrogens with zero attached hydrogens (tertiary/aromatic N) is 2. The van der Waals surface area contributed by atoms with E-state index in [-0.39, 0.29) is 6.04 Å². The zero-order valence-corrected chi connectivity index (χ0v) is 13.2. The molecule has 0 radical (unpaired) electrons. The third kappa shape index (κ3) is 2.61. The Kier molecular flexibility index (Phi) is 3.77. The van der Waals surface area contributed by atoms with Crippen LogP contribution in [-0.2, 0) is 11.3 Å². The lowest BCUT2D eigenvalue weighted by Gasteiger charge is -2.33. The van der Waals surface area contributed by atoms with Gasteiger partial charge in [-0.15, -0.1) is 0 Å². The molecular formula is C19H22N2O2. The summed E-state index contributed by atoms with van der Waals surface area (Å²) in [6, 6.07) is 10.3. The van der Waals surface area contributed by atoms with Crippen molar-refractivity contribution in [3.05, 3.63) is 42.1 Å². The number of aromatic nitrogens is 1. The van der Waals surface area contributed by atoms with Crippen LogP contribution >= 0.6 is 0 Å². The number of carboxylic acid groups (broad SMARTS) is 1. The van der Waals surface area contributed by atoms with Gasteiger partial charge in [-0.3, -0.25) is 14.7 Å². The van der Waals surface area contributed by atoms with E-state index in [0.717, 1.165) is 29.3 Å². The molecule has 0 bridgehead atoms. The second-order valence-corrected chi connectivity index (χ2v) is 6.87. The molecule has 1 aromatic carbocycles. The van der Waals surface area contributed by atoms with Crippen LogP contribution in [0.3, 0.4) is 0 Å². The van der Waals surface area contributed by atoms with Crippen LogP contribution in [0.2, 0.25) is 0 Å². The third-order valence-corrected chi connectivity index (χ3v) is 5.58. The average Bonchev–Trinajstić information content (AvgIpc) is 2.94. The van der Waals surface area contributed by atoms with E-state index in [4.69, 9.17) is 0 Å². The fourth-order valence-electron chi connectivity index (χ4n) is 4.51. The van der Waals surface area contributed by atoms with Crippen molar-refractivity contribution in [2.45, 2.75) is 50.7 Å². The van der Waals surface area contributed by atoms with Gasteiger partial charge in [-0.05, 0) is 36.8 Å². The Morgan fingerprint density at radius 3 is 2.91 bits per heavy atom. The Hall–Kier alpha value is -1.94. The van der Waals surface area contributed by atoms with Crippen molar-refractivity contribution in [1.29, 1.82) is 0 Å². The molecule has 23 heavy (non-hydrogen) atoms. The number of aliphatic carboxylic acids is 1. The highest BCUT2D eigenvalue weighted by Gasteiger charge is 2.45. The normalized spacial score (nSPS) is 27.9. The summed E-state index contributed by atoms with van der Waals surface area (Å²) in [6.07, 6.45) is 7.40. The number of carbonyl (C=O) groups is 1. The molecule has 0 spiro atoms. The highest BCUT2D eigenvalue weighted by Crippen LogP contribution is 2.40. The van der Waals surface area contributed by atoms with Crippen LogP contribution < -0.4 is 0 Å². The zero-order valence-electron chi connectivity index (χ0n) is 13.2. The van der Waals surface area contributed by atoms with E-state index in [1.165, 1.54) is 19.3 Å². The van der Waals surface area contributed by atoms with Crippen LogP contribution in [0.5, 0.6) is 0 Å². The molecule has 3 atom stereocenters. The predicted octanol–water partition coefficient (Wildman–Crippen LogP) is 3.45. The fourth-order valence-corrected chi connectivity index (χ4v) is 4.51. The molecule has 1 N–H and O–H groups in total. The Balaban J connectivity index is 1.68. The Morgan fingerprint density at radius 1 is 1.22 bits per heavy atom. The number of pyridine rings is 1. The second-order valence-electron chi connectivity index (χ2n) is 6.87. The first-order chi connectivity index (χ1) is 11.2. The molecule has 4 heteroatoms. The first-order valence-electron chi connectivity index (χ1n) is 8.55. The molecule has 120 valence electrons. The van der Waals surface area contributed by atoms with Gasteiger partial charge in [0.1, 0.15) is 6.04 Å². The predicted molar refractivity (Wildman–Crippen MR) is 89.1 cm³/mol. The Morgan fingerprint density at radius 2 is 2.04 bits per heavy atom. The molecule has 0 amide bonds. The van der Waals surface area contributed by atoms with Gasteiger partial charge in [-0.1, -0.05) is 37.1 Å². The number of hydrogen-bond acceptors (Lipinski definition) is 3. The minimum Gasteiger partial charge on any atom is -0.480 e. The van der Waals surface area contributed by atoms with Crippen LogP contribution in [-0.4, -0.2) is 33.0 Å². The molecular weight excluding hydrogens is 288 g/mol. The maximum atomic E-state index is 11.8. The topological polar surface area (TPSA) is 53.4 Å². The van der Waals surface area contributed by atoms with Crippen molar-refractivity contribution in [3.63, 3.8) is 0 Å². The van der Waals surface area contributed by atoms with Crippen LogP contribution in [0.1, 0.15) is 37.7 Å². The van der Waals surface area contributed by atoms with Gasteiger partial charge < -0.3 is 5.11 Å². The average molecular weight is 310 g/mol. The first kappa shape index (κ1) is 14.6. The summed E-state index contributed by atoms with van der Waals surface area (Å²) >= 11 is 0. The molecule has 1 aliphatic carbocycles. The molecule has 2 aromatic rings. The van der Waals surface area contributed by atoms with Crippen molar-refractivity contribution in [2.75, 3.05) is 0 Å². The summed E-state index contributed by atoms with van der Waals surface area (Å²) in [4.78, 5) is 18.5. The summed E-state index contributed by atoms with van der Waals surface area (Å²) in [6.45, 7) is 0.687. The van der Waals surface area contributed by atoms with Crippen LogP contribution in [0.15, 0.2) is 36.5 Å². The number of carboxylic acids is 1. The fraction of sp³-hybridized carbons (Fsp3) is 0.474. The van der Waals surface area contributed by atoms with Gasteiger partial charge in [0.2, 0.25) is 0 Å². The molecule has 1 aromatic heterocycles. The minimum atomic E-state index is -0.674. The van der Waals surface area contributed by atoms with Gasteiger partial charge in [-0.2, -0.15) is 0 Å². The molecule has 1 saturated carbocycles. The van der Waals surface area contributed by atoms with E-state index < -0.39 is 5.97 Å². The van der Waals surface area contributed by atoms with Gasteiger partial charge in [0.15, 0.2) is 0 Å². The third-order valence-electron chi connectivity index (χ3n) is 5.58. The van der Waals surface area contributed by atoms with E-state index in [1.807, 2.05) is 18.3 Å². The summed E-state index contributed by atoms with van der Waals surface area (Å²) in [5.74, 6) is -0.125. The molecule has 0 unspecified atom stereocenters. The van der Waals surface area contributed by atoms with E-state index in [1.54, 1.807) is 0 Å². The maximum absolute atomic E-state index is 11.8. The number of fused-ring (bicyclic) bond motifs is 2. The van der Waals surface area contributed by atoms with Crippen molar-refractivity contribution in [2.24, 2.45) is 5.92 Å². The number of hydrogen-bond donors (Lipinski definition) is 1. The van der Waals surface area contributed by atoms with E-state index in [0.29, 0.717) is 18.5 Å². The molecule has 2 heterocycles. The van der Waals surface area contributed by atoms with Gasteiger partial charge >= 0.3 is 5.97 Å². The largest absolute Gasteiger partial charge is 0.480 e. The van der Waals surface area contributed by atoms with Gasteiger partial charge in [0.25, 0.3) is 0 Å². The van der Waals surface area contributed by atoms with Crippen molar-refractivity contribution in [3.8, 4) is 0 Å². The van der Waals surface area contributed by atoms with E-state index in [9.17, 15) is 9.90 Å². The summed E-state index contributed by atoms with van der Waals surface area (Å²) in [7, 11) is 0. The van der Waals surface area contributed by atoms with Crippen molar-refractivity contribution >= 4 is 16.9 Å². The summed E-state index contributed by atoms with van der Waals surface area (Å²) in [5, 5.41) is 10.8. The molecule has 2 fully saturated rings. The van der Waals surface area contributed by atoms with E-state index in [2.05, 4.69) is 28.1 Å². The molecule has 4 rings (SSSR count). The second kappa shape index (κ2) is 5.93. The molecule has 4 nitrogen and oxygen atoms in total. The molecule has 1 saturated heterocycles. The zero-order chi connectivity index (χ0) is 15.8. The van der Waals surface area contributed by atoms with Gasteiger partial charge in [0.05, 0.1) is 5.52 Å². The van der Waals surface area contributed by atoms with E-state index >= 15 is 0 Å². The highest BCUT2D eigenvalue weighted by atomic mass is 16.4. The SMILES string of the molecule is O=C(O)[C@@H]1C[C@H]2CCCC[C@@H]2N1Cc1cccc2cccnc12. The lowest BCUT2D eigenvalue weighted by Crippen LogP contribution is -2.41. The lowest BCUT2D eigenvalue weighted by molar-refractivity contribution is -0.142.